The zero-order valence-electron chi connectivity index (χ0n) is 28.4. The maximum absolute atomic E-state index is 16.4. The normalized spacial score (nSPS) is 29.1. The van der Waals surface area contributed by atoms with Crippen LogP contribution >= 0.6 is 0 Å². The van der Waals surface area contributed by atoms with Crippen LogP contribution in [0.25, 0.3) is 5.57 Å². The summed E-state index contributed by atoms with van der Waals surface area (Å²) in [5.41, 5.74) is 7.72. The lowest BCUT2D eigenvalue weighted by atomic mass is 9.54. The third-order valence-electron chi connectivity index (χ3n) is 12.6. The van der Waals surface area contributed by atoms with E-state index in [1.165, 1.54) is 16.7 Å². The number of ketones is 1. The van der Waals surface area contributed by atoms with Crippen molar-refractivity contribution in [2.75, 3.05) is 19.0 Å². The summed E-state index contributed by atoms with van der Waals surface area (Å²) in [6.45, 7) is 14.7. The fourth-order valence-corrected chi connectivity index (χ4v) is 15.4. The van der Waals surface area contributed by atoms with E-state index in [2.05, 4.69) is 82.2 Å². The van der Waals surface area contributed by atoms with E-state index >= 15 is 8.78 Å². The first-order valence-corrected chi connectivity index (χ1v) is 19.2. The molecule has 5 rings (SSSR count). The second-order valence-electron chi connectivity index (χ2n) is 15.5. The minimum Gasteiger partial charge on any atom is -0.382 e. The molecule has 6 heteroatoms. The Bertz CT molecular complexity index is 1400. The fraction of sp³-hybridized carbons (Fsp3) is 0.658. The summed E-state index contributed by atoms with van der Waals surface area (Å²) in [5.74, 6) is -0.595. The van der Waals surface area contributed by atoms with Crippen LogP contribution in [0, 0.1) is 28.7 Å². The third kappa shape index (κ3) is 4.87. The van der Waals surface area contributed by atoms with Crippen molar-refractivity contribution in [3.8, 4) is 11.5 Å². The van der Waals surface area contributed by atoms with E-state index in [9.17, 15) is 9.90 Å². The molecular weight excluding hydrogens is 569 g/mol. The molecule has 0 saturated heterocycles. The molecule has 0 bridgehead atoms. The number of hydrogen-bond acceptors (Lipinski definition) is 3. The Balaban J connectivity index is 1.50. The molecular formula is C38H53F2NO2Si. The summed E-state index contributed by atoms with van der Waals surface area (Å²) in [5, 5.41) is 12.1. The second-order valence-corrected chi connectivity index (χ2v) is 21.1. The molecule has 2 saturated carbocycles. The lowest BCUT2D eigenvalue weighted by Crippen LogP contribution is -2.59. The van der Waals surface area contributed by atoms with Gasteiger partial charge in [0.25, 0.3) is 0 Å². The van der Waals surface area contributed by atoms with Crippen LogP contribution in [-0.4, -0.2) is 44.6 Å². The smallest absolute Gasteiger partial charge is 0.336 e. The average Bonchev–Trinajstić information content (AvgIpc) is 3.24. The van der Waals surface area contributed by atoms with Crippen molar-refractivity contribution in [2.24, 2.45) is 17.3 Å². The van der Waals surface area contributed by atoms with E-state index in [-0.39, 0.29) is 40.7 Å². The van der Waals surface area contributed by atoms with Crippen molar-refractivity contribution in [1.82, 2.24) is 0 Å². The van der Waals surface area contributed by atoms with Crippen LogP contribution in [0.1, 0.15) is 105 Å². The molecule has 0 aliphatic heterocycles. The quantitative estimate of drug-likeness (QED) is 0.254. The lowest BCUT2D eigenvalue weighted by Gasteiger charge is -2.53. The van der Waals surface area contributed by atoms with Crippen LogP contribution in [0.5, 0.6) is 0 Å². The van der Waals surface area contributed by atoms with Crippen LogP contribution in [0.3, 0.4) is 0 Å². The molecule has 0 unspecified atom stereocenters. The molecule has 4 aliphatic rings. The van der Waals surface area contributed by atoms with Crippen molar-refractivity contribution in [2.45, 2.75) is 128 Å². The Labute approximate surface area is 265 Å². The first kappa shape index (κ1) is 33.1. The molecule has 1 aromatic rings. The number of rotatable bonds is 6. The molecule has 4 aliphatic carbocycles. The SMILES string of the molecule is CC(C)[Si](C#CC(F)(F)[C@]1(O)CC[C@H]2[C@@H]3CCC4=C(c5ccc(N(C)C)cc5)C(=O)CCC4=C3CC[C@@]21C)(C(C)C)C(C)C. The van der Waals surface area contributed by atoms with Crippen LogP contribution in [0.15, 0.2) is 41.0 Å². The number of carbonyl (C=O) groups is 1. The van der Waals surface area contributed by atoms with Gasteiger partial charge < -0.3 is 10.0 Å². The molecule has 1 aromatic carbocycles. The molecule has 4 atom stereocenters. The summed E-state index contributed by atoms with van der Waals surface area (Å²) in [6, 6.07) is 8.24. The number of alkyl halides is 2. The third-order valence-corrected chi connectivity index (χ3v) is 18.9. The van der Waals surface area contributed by atoms with E-state index in [1.807, 2.05) is 21.0 Å². The molecule has 0 spiro atoms. The summed E-state index contributed by atoms with van der Waals surface area (Å²) in [7, 11) is 1.63. The number of anilines is 1. The molecule has 2 fully saturated rings. The highest BCUT2D eigenvalue weighted by Gasteiger charge is 2.70. The van der Waals surface area contributed by atoms with Crippen molar-refractivity contribution in [1.29, 1.82) is 0 Å². The van der Waals surface area contributed by atoms with Gasteiger partial charge in [0.15, 0.2) is 5.78 Å². The van der Waals surface area contributed by atoms with Crippen molar-refractivity contribution in [3.63, 3.8) is 0 Å². The average molecular weight is 622 g/mol. The maximum atomic E-state index is 16.4. The molecule has 44 heavy (non-hydrogen) atoms. The molecule has 0 aromatic heterocycles. The Morgan fingerprint density at radius 1 is 0.909 bits per heavy atom. The highest BCUT2D eigenvalue weighted by atomic mass is 28.3. The van der Waals surface area contributed by atoms with Crippen LogP contribution < -0.4 is 4.90 Å². The highest BCUT2D eigenvalue weighted by molar-refractivity contribution is 6.90. The van der Waals surface area contributed by atoms with Gasteiger partial charge in [-0.1, -0.05) is 66.2 Å². The maximum Gasteiger partial charge on any atom is 0.336 e. The second kappa shape index (κ2) is 11.5. The monoisotopic (exact) mass is 621 g/mol. The molecule has 1 N–H and O–H groups in total. The zero-order valence-corrected chi connectivity index (χ0v) is 29.4. The molecule has 0 amide bonds. The van der Waals surface area contributed by atoms with Crippen LogP contribution in [-0.2, 0) is 4.79 Å². The number of halogens is 2. The zero-order chi connectivity index (χ0) is 32.4. The number of nitrogens with zero attached hydrogens (tertiary/aromatic N) is 1. The summed E-state index contributed by atoms with van der Waals surface area (Å²) in [4.78, 5) is 15.4. The number of Topliss-reactive ketones (excluding diaryl/α,β-unsaturated/α-hetero) is 1. The Morgan fingerprint density at radius 2 is 1.52 bits per heavy atom. The largest absolute Gasteiger partial charge is 0.382 e. The van der Waals surface area contributed by atoms with Gasteiger partial charge in [-0.3, -0.25) is 4.79 Å². The summed E-state index contributed by atoms with van der Waals surface area (Å²) in [6.07, 6.45) is 4.75. The predicted molar refractivity (Wildman–Crippen MR) is 180 cm³/mol. The van der Waals surface area contributed by atoms with E-state index in [4.69, 9.17) is 0 Å². The molecule has 240 valence electrons. The van der Waals surface area contributed by atoms with E-state index in [1.54, 1.807) is 0 Å². The topological polar surface area (TPSA) is 40.5 Å². The Hall–Kier alpha value is -2.23. The number of aliphatic hydroxyl groups is 1. The van der Waals surface area contributed by atoms with Gasteiger partial charge in [-0.25, -0.2) is 0 Å². The Kier molecular flexibility index (Phi) is 8.69. The first-order chi connectivity index (χ1) is 20.5. The minimum absolute atomic E-state index is 0.0132. The Morgan fingerprint density at radius 3 is 2.09 bits per heavy atom. The van der Waals surface area contributed by atoms with E-state index in [0.717, 1.165) is 36.1 Å². The number of fused-ring (bicyclic) bond motifs is 4. The van der Waals surface area contributed by atoms with Gasteiger partial charge in [0, 0.05) is 37.2 Å². The molecule has 0 radical (unpaired) electrons. The lowest BCUT2D eigenvalue weighted by molar-refractivity contribution is -0.207. The van der Waals surface area contributed by atoms with Gasteiger partial charge >= 0.3 is 5.92 Å². The standard InChI is InChI=1S/C38H53F2NO2Si/c1-24(2)44(25(3)4,26(5)6)23-22-38(39,40)37(43)21-19-33-31-14-15-32-29(30(31)18-20-36(33,37)7)16-17-34(42)35(32)27-10-12-28(13-11-27)41(8)9/h10-13,24-26,31,33,43H,14-21H2,1-9H3/t31-,33+,36+,37+/m1/s1. The van der Waals surface area contributed by atoms with Crippen LogP contribution in [0.2, 0.25) is 16.6 Å². The molecule has 3 nitrogen and oxygen atoms in total. The fourth-order valence-electron chi connectivity index (χ4n) is 10.1. The number of allylic oxidation sites excluding steroid dienone is 4. The van der Waals surface area contributed by atoms with Gasteiger partial charge in [0.1, 0.15) is 13.7 Å². The van der Waals surface area contributed by atoms with Crippen molar-refractivity contribution >= 4 is 25.1 Å². The summed E-state index contributed by atoms with van der Waals surface area (Å²) < 4.78 is 32.9. The number of hydrogen-bond donors (Lipinski definition) is 1. The van der Waals surface area contributed by atoms with Gasteiger partial charge in [-0.2, -0.15) is 8.78 Å². The highest BCUT2D eigenvalue weighted by Crippen LogP contribution is 2.66. The van der Waals surface area contributed by atoms with Crippen LogP contribution in [0.4, 0.5) is 14.5 Å². The summed E-state index contributed by atoms with van der Waals surface area (Å²) >= 11 is 0. The van der Waals surface area contributed by atoms with Gasteiger partial charge in [-0.05, 0) is 108 Å². The number of carbonyl (C=O) groups excluding carboxylic acids is 1. The predicted octanol–water partition coefficient (Wildman–Crippen LogP) is 9.37. The minimum atomic E-state index is -3.47. The number of benzene rings is 1. The van der Waals surface area contributed by atoms with Crippen molar-refractivity contribution < 1.29 is 18.7 Å². The molecule has 0 heterocycles. The van der Waals surface area contributed by atoms with Gasteiger partial charge in [-0.15, -0.1) is 5.54 Å². The van der Waals surface area contributed by atoms with Gasteiger partial charge in [0.05, 0.1) is 0 Å². The first-order valence-electron chi connectivity index (χ1n) is 16.9. The van der Waals surface area contributed by atoms with Crippen molar-refractivity contribution in [3.05, 3.63) is 46.5 Å². The van der Waals surface area contributed by atoms with E-state index in [0.29, 0.717) is 25.7 Å². The van der Waals surface area contributed by atoms with E-state index < -0.39 is 25.0 Å². The van der Waals surface area contributed by atoms with Gasteiger partial charge in [0.2, 0.25) is 0 Å².